The molecule has 0 aliphatic heterocycles. The van der Waals surface area contributed by atoms with Gasteiger partial charge in [0.25, 0.3) is 0 Å². The molecule has 0 radical (unpaired) electrons. The summed E-state index contributed by atoms with van der Waals surface area (Å²) in [5.41, 5.74) is 1.98. The number of nitrogens with one attached hydrogen (secondary N) is 1. The van der Waals surface area contributed by atoms with E-state index in [-0.39, 0.29) is 0 Å². The van der Waals surface area contributed by atoms with Crippen LogP contribution in [0.2, 0.25) is 0 Å². The maximum Gasteiger partial charge on any atom is 0.134 e. The van der Waals surface area contributed by atoms with Gasteiger partial charge in [0.05, 0.1) is 5.69 Å². The molecule has 4 nitrogen and oxygen atoms in total. The van der Waals surface area contributed by atoms with Gasteiger partial charge in [-0.25, -0.2) is 9.97 Å². The van der Waals surface area contributed by atoms with Crippen molar-refractivity contribution < 1.29 is 0 Å². The molecule has 86 valence electrons. The Balaban J connectivity index is 2.06. The van der Waals surface area contributed by atoms with Crippen molar-refractivity contribution in [1.82, 2.24) is 15.0 Å². The molecule has 0 saturated heterocycles. The molecule has 1 N–H and O–H groups in total. The van der Waals surface area contributed by atoms with Crippen molar-refractivity contribution in [2.75, 3.05) is 12.4 Å². The van der Waals surface area contributed by atoms with Crippen molar-refractivity contribution in [1.29, 1.82) is 0 Å². The van der Waals surface area contributed by atoms with Gasteiger partial charge in [0.2, 0.25) is 0 Å². The van der Waals surface area contributed by atoms with Gasteiger partial charge < -0.3 is 5.32 Å². The zero-order valence-electron chi connectivity index (χ0n) is 9.72. The van der Waals surface area contributed by atoms with Crippen molar-refractivity contribution in [3.63, 3.8) is 0 Å². The molecule has 1 saturated carbocycles. The van der Waals surface area contributed by atoms with Gasteiger partial charge >= 0.3 is 0 Å². The summed E-state index contributed by atoms with van der Waals surface area (Å²) in [4.78, 5) is 13.2. The fraction of sp³-hybridized carbons (Fsp3) is 0.308. The topological polar surface area (TPSA) is 50.7 Å². The van der Waals surface area contributed by atoms with Crippen molar-refractivity contribution >= 4 is 5.82 Å². The van der Waals surface area contributed by atoms with Gasteiger partial charge in [0.15, 0.2) is 0 Å². The van der Waals surface area contributed by atoms with Crippen LogP contribution in [-0.2, 0) is 0 Å². The second-order valence-electron chi connectivity index (χ2n) is 4.26. The molecule has 0 spiro atoms. The first-order chi connectivity index (χ1) is 8.36. The maximum atomic E-state index is 4.62. The van der Waals surface area contributed by atoms with Crippen LogP contribution in [0.15, 0.2) is 30.6 Å². The lowest BCUT2D eigenvalue weighted by Gasteiger charge is -2.06. The molecule has 0 bridgehead atoms. The summed E-state index contributed by atoms with van der Waals surface area (Å²) in [6.45, 7) is 0. The maximum absolute atomic E-state index is 4.62. The van der Waals surface area contributed by atoms with E-state index in [0.717, 1.165) is 22.9 Å². The summed E-state index contributed by atoms with van der Waals surface area (Å²) < 4.78 is 0. The summed E-state index contributed by atoms with van der Waals surface area (Å²) in [7, 11) is 1.88. The number of pyridine rings is 1. The van der Waals surface area contributed by atoms with Gasteiger partial charge in [-0.2, -0.15) is 0 Å². The molecular weight excluding hydrogens is 212 g/mol. The van der Waals surface area contributed by atoms with Crippen LogP contribution < -0.4 is 5.32 Å². The van der Waals surface area contributed by atoms with E-state index in [1.54, 1.807) is 6.20 Å². The van der Waals surface area contributed by atoms with Crippen molar-refractivity contribution in [2.45, 2.75) is 18.8 Å². The predicted octanol–water partition coefficient (Wildman–Crippen LogP) is 2.46. The summed E-state index contributed by atoms with van der Waals surface area (Å²) >= 11 is 0. The quantitative estimate of drug-likeness (QED) is 0.873. The Labute approximate surface area is 100 Å². The zero-order valence-corrected chi connectivity index (χ0v) is 9.72. The Morgan fingerprint density at radius 1 is 1.29 bits per heavy atom. The number of rotatable bonds is 3. The van der Waals surface area contributed by atoms with E-state index >= 15 is 0 Å². The minimum Gasteiger partial charge on any atom is -0.373 e. The van der Waals surface area contributed by atoms with Crippen LogP contribution in [0.3, 0.4) is 0 Å². The first kappa shape index (κ1) is 10.2. The Hall–Kier alpha value is -1.97. The minimum atomic E-state index is 0.554. The van der Waals surface area contributed by atoms with Crippen LogP contribution in [0.4, 0.5) is 5.82 Å². The Morgan fingerprint density at radius 2 is 2.18 bits per heavy atom. The summed E-state index contributed by atoms with van der Waals surface area (Å²) in [6.07, 6.45) is 6.02. The highest BCUT2D eigenvalue weighted by Crippen LogP contribution is 2.39. The molecule has 0 amide bonds. The lowest BCUT2D eigenvalue weighted by molar-refractivity contribution is 0.932. The van der Waals surface area contributed by atoms with Crippen molar-refractivity contribution in [2.24, 2.45) is 0 Å². The first-order valence-corrected chi connectivity index (χ1v) is 5.84. The monoisotopic (exact) mass is 226 g/mol. The molecule has 4 heteroatoms. The van der Waals surface area contributed by atoms with E-state index < -0.39 is 0 Å². The molecule has 2 aromatic rings. The number of hydrogen-bond donors (Lipinski definition) is 1. The Bertz CT molecular complexity index is 520. The molecule has 17 heavy (non-hydrogen) atoms. The van der Waals surface area contributed by atoms with Gasteiger partial charge in [-0.1, -0.05) is 0 Å². The van der Waals surface area contributed by atoms with Crippen LogP contribution in [0, 0.1) is 0 Å². The predicted molar refractivity (Wildman–Crippen MR) is 66.8 cm³/mol. The van der Waals surface area contributed by atoms with Crippen molar-refractivity contribution in [3.8, 4) is 11.3 Å². The summed E-state index contributed by atoms with van der Waals surface area (Å²) in [5, 5.41) is 3.09. The third-order valence-corrected chi connectivity index (χ3v) is 2.90. The number of hydrogen-bond acceptors (Lipinski definition) is 4. The van der Waals surface area contributed by atoms with Crippen molar-refractivity contribution in [3.05, 3.63) is 36.4 Å². The molecule has 1 fully saturated rings. The van der Waals surface area contributed by atoms with E-state index in [1.807, 2.05) is 31.4 Å². The molecule has 2 aromatic heterocycles. The highest BCUT2D eigenvalue weighted by molar-refractivity contribution is 5.61. The minimum absolute atomic E-state index is 0.554. The zero-order chi connectivity index (χ0) is 11.7. The van der Waals surface area contributed by atoms with Gasteiger partial charge in [-0.3, -0.25) is 4.98 Å². The molecule has 3 rings (SSSR count). The number of nitrogens with zero attached hydrogens (tertiary/aromatic N) is 3. The number of aromatic nitrogens is 3. The van der Waals surface area contributed by atoms with E-state index in [1.165, 1.54) is 12.8 Å². The van der Waals surface area contributed by atoms with E-state index in [0.29, 0.717) is 5.92 Å². The smallest absolute Gasteiger partial charge is 0.134 e. The Kier molecular flexibility index (Phi) is 2.48. The van der Waals surface area contributed by atoms with Crippen LogP contribution in [0.1, 0.15) is 24.6 Å². The summed E-state index contributed by atoms with van der Waals surface area (Å²) in [5.74, 6) is 2.38. The van der Waals surface area contributed by atoms with Crippen LogP contribution in [0.5, 0.6) is 0 Å². The van der Waals surface area contributed by atoms with E-state index in [2.05, 4.69) is 20.3 Å². The largest absolute Gasteiger partial charge is 0.373 e. The molecule has 2 heterocycles. The van der Waals surface area contributed by atoms with E-state index in [4.69, 9.17) is 0 Å². The van der Waals surface area contributed by atoms with Gasteiger partial charge in [0, 0.05) is 37.0 Å². The summed E-state index contributed by atoms with van der Waals surface area (Å²) in [6, 6.07) is 5.90. The highest BCUT2D eigenvalue weighted by Gasteiger charge is 2.27. The lowest BCUT2D eigenvalue weighted by Crippen LogP contribution is -2.00. The standard InChI is InChI=1S/C13H14N4/c1-14-12-7-11(10-3-2-6-15-8-10)16-13(17-12)9-4-5-9/h2-3,6-9H,4-5H2,1H3,(H,14,16,17). The average molecular weight is 226 g/mol. The molecule has 0 aromatic carbocycles. The lowest BCUT2D eigenvalue weighted by atomic mass is 10.2. The SMILES string of the molecule is CNc1cc(-c2cccnc2)nc(C2CC2)n1. The molecule has 0 atom stereocenters. The first-order valence-electron chi connectivity index (χ1n) is 5.84. The second kappa shape index (κ2) is 4.13. The second-order valence-corrected chi connectivity index (χ2v) is 4.26. The van der Waals surface area contributed by atoms with E-state index in [9.17, 15) is 0 Å². The molecule has 1 aliphatic rings. The Morgan fingerprint density at radius 3 is 2.82 bits per heavy atom. The van der Waals surface area contributed by atoms with Gasteiger partial charge in [-0.05, 0) is 25.0 Å². The normalized spacial score (nSPS) is 14.6. The van der Waals surface area contributed by atoms with Gasteiger partial charge in [0.1, 0.15) is 11.6 Å². The van der Waals surface area contributed by atoms with Crippen LogP contribution >= 0.6 is 0 Å². The fourth-order valence-electron chi connectivity index (χ4n) is 1.78. The third-order valence-electron chi connectivity index (χ3n) is 2.90. The van der Waals surface area contributed by atoms with Gasteiger partial charge in [-0.15, -0.1) is 0 Å². The average Bonchev–Trinajstić information content (AvgIpc) is 3.23. The van der Waals surface area contributed by atoms with Crippen LogP contribution in [0.25, 0.3) is 11.3 Å². The highest BCUT2D eigenvalue weighted by atomic mass is 15.0. The third kappa shape index (κ3) is 2.11. The van der Waals surface area contributed by atoms with Crippen LogP contribution in [-0.4, -0.2) is 22.0 Å². The fourth-order valence-corrected chi connectivity index (χ4v) is 1.78. The number of anilines is 1. The molecule has 0 unspecified atom stereocenters. The molecular formula is C13H14N4. The molecule has 1 aliphatic carbocycles.